The molecule has 21 heavy (non-hydrogen) atoms. The molecule has 2 aromatic heterocycles. The Kier molecular flexibility index (Phi) is 4.26. The molecule has 0 aromatic carbocycles. The Hall–Kier alpha value is -1.40. The van der Waals surface area contributed by atoms with Crippen molar-refractivity contribution < 1.29 is 0 Å². The second kappa shape index (κ2) is 6.15. The van der Waals surface area contributed by atoms with E-state index in [-0.39, 0.29) is 5.56 Å². The van der Waals surface area contributed by atoms with E-state index in [9.17, 15) is 4.79 Å². The number of aromatic nitrogens is 3. The van der Waals surface area contributed by atoms with Crippen LogP contribution in [-0.4, -0.2) is 27.9 Å². The first-order valence-electron chi connectivity index (χ1n) is 7.04. The van der Waals surface area contributed by atoms with Crippen LogP contribution in [-0.2, 0) is 6.54 Å². The van der Waals surface area contributed by atoms with Gasteiger partial charge in [-0.15, -0.1) is 11.3 Å². The van der Waals surface area contributed by atoms with E-state index >= 15 is 0 Å². The summed E-state index contributed by atoms with van der Waals surface area (Å²) in [6.45, 7) is 4.66. The van der Waals surface area contributed by atoms with E-state index in [4.69, 9.17) is 11.6 Å². The topological polar surface area (TPSA) is 51.0 Å². The highest BCUT2D eigenvalue weighted by molar-refractivity contribution is 7.15. The van der Waals surface area contributed by atoms with Gasteiger partial charge in [0.2, 0.25) is 0 Å². The van der Waals surface area contributed by atoms with Crippen LogP contribution in [0.4, 0.5) is 5.69 Å². The lowest BCUT2D eigenvalue weighted by molar-refractivity contribution is 0.445. The zero-order valence-electron chi connectivity index (χ0n) is 11.8. The van der Waals surface area contributed by atoms with E-state index in [2.05, 4.69) is 21.9 Å². The Bertz CT molecular complexity index is 684. The largest absolute Gasteiger partial charge is 0.370 e. The first kappa shape index (κ1) is 14.5. The van der Waals surface area contributed by atoms with E-state index < -0.39 is 0 Å². The van der Waals surface area contributed by atoms with Crippen molar-refractivity contribution in [3.63, 3.8) is 0 Å². The van der Waals surface area contributed by atoms with Crippen LogP contribution in [0.5, 0.6) is 0 Å². The van der Waals surface area contributed by atoms with Crippen molar-refractivity contribution in [3.05, 3.63) is 38.2 Å². The van der Waals surface area contributed by atoms with Crippen LogP contribution >= 0.6 is 22.9 Å². The number of hydrogen-bond acceptors (Lipinski definition) is 5. The molecule has 0 N–H and O–H groups in total. The molecule has 5 nitrogen and oxygen atoms in total. The van der Waals surface area contributed by atoms with Crippen LogP contribution in [0.3, 0.4) is 0 Å². The fourth-order valence-electron chi connectivity index (χ4n) is 2.64. The molecule has 1 unspecified atom stereocenters. The molecule has 1 saturated heterocycles. The van der Waals surface area contributed by atoms with Gasteiger partial charge >= 0.3 is 0 Å². The molecule has 0 radical (unpaired) electrons. The average Bonchev–Trinajstić information content (AvgIpc) is 2.86. The number of piperidine rings is 1. The summed E-state index contributed by atoms with van der Waals surface area (Å²) in [5.41, 5.74) is 0.834. The lowest BCUT2D eigenvalue weighted by Gasteiger charge is -2.32. The quantitative estimate of drug-likeness (QED) is 0.871. The van der Waals surface area contributed by atoms with Gasteiger partial charge in [0, 0.05) is 30.2 Å². The fourth-order valence-corrected chi connectivity index (χ4v) is 3.60. The minimum absolute atomic E-state index is 0.0877. The molecular formula is C14H17ClN4OS. The second-order valence-electron chi connectivity index (χ2n) is 5.48. The van der Waals surface area contributed by atoms with Crippen LogP contribution in [0.2, 0.25) is 4.47 Å². The molecule has 1 fully saturated rings. The molecule has 1 atom stereocenters. The third kappa shape index (κ3) is 3.44. The smallest absolute Gasteiger partial charge is 0.269 e. The van der Waals surface area contributed by atoms with Gasteiger partial charge in [-0.05, 0) is 18.8 Å². The summed E-state index contributed by atoms with van der Waals surface area (Å²) in [7, 11) is 0. The summed E-state index contributed by atoms with van der Waals surface area (Å²) < 4.78 is 1.93. The lowest BCUT2D eigenvalue weighted by Crippen LogP contribution is -2.35. The maximum Gasteiger partial charge on any atom is 0.269 e. The minimum atomic E-state index is -0.0877. The molecule has 3 heterocycles. The predicted octanol–water partition coefficient (Wildman–Crippen LogP) is 2.64. The number of thiazole rings is 1. The standard InChI is InChI=1S/C14H17ClN4OS/c1-10-3-2-4-18(8-10)11-5-13(20)19(17-6-11)9-12-7-16-14(15)21-12/h5-7,10H,2-4,8-9H2,1H3. The molecule has 112 valence electrons. The van der Waals surface area contributed by atoms with Gasteiger partial charge in [-0.25, -0.2) is 9.67 Å². The predicted molar refractivity (Wildman–Crippen MR) is 85.3 cm³/mol. The molecule has 0 bridgehead atoms. The van der Waals surface area contributed by atoms with Crippen molar-refractivity contribution in [1.82, 2.24) is 14.8 Å². The molecule has 2 aromatic rings. The van der Waals surface area contributed by atoms with Crippen LogP contribution < -0.4 is 10.5 Å². The first-order chi connectivity index (χ1) is 10.1. The molecule has 0 saturated carbocycles. The Balaban J connectivity index is 1.78. The summed E-state index contributed by atoms with van der Waals surface area (Å²) in [6.07, 6.45) is 5.89. The highest BCUT2D eigenvalue weighted by atomic mass is 35.5. The van der Waals surface area contributed by atoms with Gasteiger partial charge in [0.1, 0.15) is 0 Å². The van der Waals surface area contributed by atoms with Crippen LogP contribution in [0, 0.1) is 5.92 Å². The molecule has 1 aliphatic heterocycles. The molecule has 0 spiro atoms. The Morgan fingerprint density at radius 2 is 2.33 bits per heavy atom. The normalized spacial score (nSPS) is 19.0. The van der Waals surface area contributed by atoms with E-state index in [0.717, 1.165) is 23.7 Å². The summed E-state index contributed by atoms with van der Waals surface area (Å²) in [5.74, 6) is 0.667. The third-order valence-electron chi connectivity index (χ3n) is 3.71. The van der Waals surface area contributed by atoms with Crippen LogP contribution in [0.1, 0.15) is 24.6 Å². The highest BCUT2D eigenvalue weighted by Crippen LogP contribution is 2.21. The van der Waals surface area contributed by atoms with Gasteiger partial charge in [-0.1, -0.05) is 18.5 Å². The molecular weight excluding hydrogens is 308 g/mol. The maximum absolute atomic E-state index is 12.2. The number of rotatable bonds is 3. The first-order valence-corrected chi connectivity index (χ1v) is 8.23. The van der Waals surface area contributed by atoms with Crippen molar-refractivity contribution in [3.8, 4) is 0 Å². The van der Waals surface area contributed by atoms with Crippen molar-refractivity contribution in [2.24, 2.45) is 5.92 Å². The summed E-state index contributed by atoms with van der Waals surface area (Å²) >= 11 is 7.17. The van der Waals surface area contributed by atoms with Gasteiger partial charge in [0.25, 0.3) is 5.56 Å². The van der Waals surface area contributed by atoms with Gasteiger partial charge < -0.3 is 4.90 Å². The van der Waals surface area contributed by atoms with Gasteiger partial charge in [0.05, 0.1) is 18.4 Å². The Morgan fingerprint density at radius 1 is 1.48 bits per heavy atom. The number of anilines is 1. The number of nitrogens with zero attached hydrogens (tertiary/aromatic N) is 4. The van der Waals surface area contributed by atoms with Gasteiger partial charge in [-0.2, -0.15) is 5.10 Å². The Labute approximate surface area is 132 Å². The summed E-state index contributed by atoms with van der Waals surface area (Å²) in [6, 6.07) is 1.67. The van der Waals surface area contributed by atoms with Crippen molar-refractivity contribution in [1.29, 1.82) is 0 Å². The molecule has 1 aliphatic rings. The van der Waals surface area contributed by atoms with Gasteiger partial charge in [-0.3, -0.25) is 4.79 Å². The van der Waals surface area contributed by atoms with Crippen LogP contribution in [0.15, 0.2) is 23.3 Å². The molecule has 7 heteroatoms. The molecule has 3 rings (SSSR count). The van der Waals surface area contributed by atoms with E-state index in [1.807, 2.05) is 0 Å². The minimum Gasteiger partial charge on any atom is -0.370 e. The van der Waals surface area contributed by atoms with E-state index in [0.29, 0.717) is 16.9 Å². The van der Waals surface area contributed by atoms with Crippen LogP contribution in [0.25, 0.3) is 0 Å². The third-order valence-corrected chi connectivity index (χ3v) is 4.81. The number of hydrogen-bond donors (Lipinski definition) is 0. The zero-order chi connectivity index (χ0) is 14.8. The summed E-state index contributed by atoms with van der Waals surface area (Å²) in [4.78, 5) is 19.3. The van der Waals surface area contributed by atoms with E-state index in [1.54, 1.807) is 18.5 Å². The summed E-state index contributed by atoms with van der Waals surface area (Å²) in [5, 5.41) is 4.28. The zero-order valence-corrected chi connectivity index (χ0v) is 13.4. The molecule has 0 amide bonds. The number of halogens is 1. The molecule has 0 aliphatic carbocycles. The fraction of sp³-hybridized carbons (Fsp3) is 0.500. The Morgan fingerprint density at radius 3 is 3.00 bits per heavy atom. The van der Waals surface area contributed by atoms with Crippen molar-refractivity contribution in [2.75, 3.05) is 18.0 Å². The van der Waals surface area contributed by atoms with Gasteiger partial charge in [0.15, 0.2) is 4.47 Å². The highest BCUT2D eigenvalue weighted by Gasteiger charge is 2.17. The second-order valence-corrected chi connectivity index (χ2v) is 7.18. The SMILES string of the molecule is CC1CCCN(c2cnn(Cc3cnc(Cl)s3)c(=O)c2)C1. The average molecular weight is 325 g/mol. The lowest BCUT2D eigenvalue weighted by atomic mass is 10.00. The maximum atomic E-state index is 12.2. The van der Waals surface area contributed by atoms with E-state index in [1.165, 1.54) is 28.9 Å². The van der Waals surface area contributed by atoms with Crippen molar-refractivity contribution in [2.45, 2.75) is 26.3 Å². The monoisotopic (exact) mass is 324 g/mol. The van der Waals surface area contributed by atoms with Crippen molar-refractivity contribution >= 4 is 28.6 Å².